The molecular weight excluding hydrogens is 361 g/mol. The van der Waals surface area contributed by atoms with E-state index in [2.05, 4.69) is 62.6 Å². The topological polar surface area (TPSA) is 37.1 Å². The number of nitrogens with zero attached hydrogens (tertiary/aromatic N) is 3. The number of allylic oxidation sites excluding steroid dienone is 2. The summed E-state index contributed by atoms with van der Waals surface area (Å²) in [6.45, 7) is 16.7. The molecule has 1 rings (SSSR count). The van der Waals surface area contributed by atoms with Gasteiger partial charge in [0.15, 0.2) is 0 Å². The Kier molecular flexibility index (Phi) is 9.16. The van der Waals surface area contributed by atoms with E-state index in [4.69, 9.17) is 20.2 Å². The molecule has 1 aliphatic rings. The van der Waals surface area contributed by atoms with Crippen molar-refractivity contribution in [3.63, 3.8) is 0 Å². The molecule has 0 saturated carbocycles. The second-order valence-electron chi connectivity index (χ2n) is 7.14. The minimum absolute atomic E-state index is 0.0517. The van der Waals surface area contributed by atoms with Crippen molar-refractivity contribution in [2.24, 2.45) is 15.0 Å². The molecule has 0 radical (unpaired) electrons. The van der Waals surface area contributed by atoms with E-state index in [1.807, 2.05) is 13.8 Å². The summed E-state index contributed by atoms with van der Waals surface area (Å²) in [5.74, 6) is 0. The van der Waals surface area contributed by atoms with Crippen LogP contribution in [0.4, 0.5) is 0 Å². The van der Waals surface area contributed by atoms with Gasteiger partial charge in [0.2, 0.25) is 0 Å². The fraction of sp³-hybridized carbons (Fsp3) is 0.688. The van der Waals surface area contributed by atoms with Crippen LogP contribution in [-0.2, 0) is 13.1 Å². The molecule has 1 heterocycles. The molecule has 0 aromatic rings. The Morgan fingerprint density at radius 2 is 1.41 bits per heavy atom. The van der Waals surface area contributed by atoms with Crippen molar-refractivity contribution in [3.8, 4) is 0 Å². The van der Waals surface area contributed by atoms with Gasteiger partial charge >= 0.3 is 33.3 Å². The van der Waals surface area contributed by atoms with Crippen molar-refractivity contribution >= 4 is 37.3 Å². The van der Waals surface area contributed by atoms with Gasteiger partial charge in [-0.15, -0.1) is 0 Å². The van der Waals surface area contributed by atoms with Crippen molar-refractivity contribution in [2.75, 3.05) is 0 Å². The van der Waals surface area contributed by atoms with E-state index in [9.17, 15) is 0 Å². The number of halogens is 2. The Morgan fingerprint density at radius 3 is 1.82 bits per heavy atom. The average molecular weight is 388 g/mol. The van der Waals surface area contributed by atoms with Crippen LogP contribution in [0.1, 0.15) is 61.8 Å². The van der Waals surface area contributed by atoms with Crippen LogP contribution < -0.4 is 0 Å². The van der Waals surface area contributed by atoms with Gasteiger partial charge in [0.05, 0.1) is 33.9 Å². The van der Waals surface area contributed by atoms with Crippen LogP contribution in [0.25, 0.3) is 0 Å². The molecule has 22 heavy (non-hydrogen) atoms. The normalized spacial score (nSPS) is 17.0. The standard InChI is InChI=1S/C16H27N3.2ClH.Fe/c1-11(18-15(3,4)5)13-9-10-14(17-13)12(2)19-16(6,7)8;;;/h9H,10H2,1-8H3;2*1H;/q;;;+2/p-2. The van der Waals surface area contributed by atoms with Crippen LogP contribution in [-0.4, -0.2) is 28.2 Å². The summed E-state index contributed by atoms with van der Waals surface area (Å²) in [7, 11) is 9.53. The Hall–Kier alpha value is -0.151. The van der Waals surface area contributed by atoms with Gasteiger partial charge in [-0.05, 0) is 55.4 Å². The molecule has 0 fully saturated rings. The Bertz CT molecular complexity index is 493. The zero-order valence-corrected chi connectivity index (χ0v) is 17.4. The van der Waals surface area contributed by atoms with E-state index >= 15 is 0 Å². The first-order valence-corrected chi connectivity index (χ1v) is 10.2. The van der Waals surface area contributed by atoms with Gasteiger partial charge in [-0.2, -0.15) is 0 Å². The van der Waals surface area contributed by atoms with Gasteiger partial charge in [-0.25, -0.2) is 4.99 Å². The summed E-state index contributed by atoms with van der Waals surface area (Å²) in [4.78, 5) is 14.0. The first-order valence-electron chi connectivity index (χ1n) is 7.16. The molecule has 0 amide bonds. The van der Waals surface area contributed by atoms with E-state index in [1.54, 1.807) is 0 Å². The van der Waals surface area contributed by atoms with Gasteiger partial charge in [0.1, 0.15) is 0 Å². The van der Waals surface area contributed by atoms with Crippen molar-refractivity contribution in [2.45, 2.75) is 72.9 Å². The first-order chi connectivity index (χ1) is 9.89. The third kappa shape index (κ3) is 9.78. The van der Waals surface area contributed by atoms with Gasteiger partial charge in [-0.3, -0.25) is 9.98 Å². The zero-order valence-electron chi connectivity index (χ0n) is 14.7. The summed E-state index contributed by atoms with van der Waals surface area (Å²) >= 11 is 0.194. The summed E-state index contributed by atoms with van der Waals surface area (Å²) in [5.41, 5.74) is 3.98. The molecule has 0 aromatic carbocycles. The average Bonchev–Trinajstić information content (AvgIpc) is 2.74. The second-order valence-corrected chi connectivity index (χ2v) is 8.96. The van der Waals surface area contributed by atoms with E-state index in [0.717, 1.165) is 29.3 Å². The Balaban J connectivity index is 0.00000135. The molecule has 0 bridgehead atoms. The molecule has 0 aliphatic carbocycles. The van der Waals surface area contributed by atoms with Crippen LogP contribution in [0.15, 0.2) is 26.8 Å². The van der Waals surface area contributed by atoms with Crippen LogP contribution in [0, 0.1) is 0 Å². The maximum atomic E-state index is 4.76. The molecule has 128 valence electrons. The van der Waals surface area contributed by atoms with E-state index in [0.29, 0.717) is 0 Å². The third-order valence-corrected chi connectivity index (χ3v) is 2.54. The summed E-state index contributed by atoms with van der Waals surface area (Å²) in [6.07, 6.45) is 3.00. The van der Waals surface area contributed by atoms with Crippen LogP contribution in [0.5, 0.6) is 0 Å². The molecule has 0 N–H and O–H groups in total. The van der Waals surface area contributed by atoms with Gasteiger partial charge in [0.25, 0.3) is 0 Å². The Labute approximate surface area is 150 Å². The summed E-state index contributed by atoms with van der Waals surface area (Å²) < 4.78 is 0. The van der Waals surface area contributed by atoms with Crippen molar-refractivity contribution in [3.05, 3.63) is 11.8 Å². The van der Waals surface area contributed by atoms with Crippen molar-refractivity contribution in [1.82, 2.24) is 0 Å². The summed E-state index contributed by atoms with van der Waals surface area (Å²) in [5, 5.41) is 0. The van der Waals surface area contributed by atoms with Crippen molar-refractivity contribution < 1.29 is 13.1 Å². The van der Waals surface area contributed by atoms with Crippen LogP contribution in [0.2, 0.25) is 0 Å². The quantitative estimate of drug-likeness (QED) is 0.436. The molecule has 1 aliphatic heterocycles. The van der Waals surface area contributed by atoms with Gasteiger partial charge < -0.3 is 0 Å². The number of aliphatic imine (C=N–C) groups is 3. The Morgan fingerprint density at radius 1 is 1.00 bits per heavy atom. The van der Waals surface area contributed by atoms with E-state index in [1.165, 1.54) is 0 Å². The number of rotatable bonds is 2. The molecule has 0 unspecified atom stereocenters. The zero-order chi connectivity index (χ0) is 17.6. The predicted octanol–water partition coefficient (Wildman–Crippen LogP) is 5.61. The van der Waals surface area contributed by atoms with Gasteiger partial charge in [0, 0.05) is 6.42 Å². The second kappa shape index (κ2) is 9.22. The number of hydrogen-bond donors (Lipinski definition) is 0. The number of hydrogen-bond acceptors (Lipinski definition) is 3. The molecule has 0 atom stereocenters. The fourth-order valence-corrected chi connectivity index (χ4v) is 2.02. The molecule has 0 aromatic heterocycles. The SMILES string of the molecule is CC(=NC(C)(C)C)C1=CCC(C(C)=NC(C)(C)C)=N1.[Cl][Fe][Cl]. The van der Waals surface area contributed by atoms with Crippen molar-refractivity contribution in [1.29, 1.82) is 0 Å². The molecular formula is C16H27Cl2FeN3. The molecule has 0 saturated heterocycles. The van der Waals surface area contributed by atoms with E-state index < -0.39 is 0 Å². The summed E-state index contributed by atoms with van der Waals surface area (Å²) in [6, 6.07) is 0. The van der Waals surface area contributed by atoms with E-state index in [-0.39, 0.29) is 24.2 Å². The monoisotopic (exact) mass is 387 g/mol. The predicted molar refractivity (Wildman–Crippen MR) is 97.6 cm³/mol. The fourth-order valence-electron chi connectivity index (χ4n) is 2.02. The first kappa shape index (κ1) is 21.8. The third-order valence-electron chi connectivity index (χ3n) is 2.54. The minimum atomic E-state index is -0.0578. The molecule has 0 spiro atoms. The van der Waals surface area contributed by atoms with Crippen LogP contribution in [0.3, 0.4) is 0 Å². The molecule has 3 nitrogen and oxygen atoms in total. The van der Waals surface area contributed by atoms with Gasteiger partial charge in [-0.1, -0.05) is 6.08 Å². The molecule has 6 heteroatoms. The van der Waals surface area contributed by atoms with Crippen LogP contribution >= 0.6 is 20.2 Å². The maximum absolute atomic E-state index is 4.76.